The van der Waals surface area contributed by atoms with Crippen molar-refractivity contribution >= 4 is 26.0 Å². The monoisotopic (exact) mass is 335 g/mol. The lowest BCUT2D eigenvalue weighted by Gasteiger charge is -2.27. The van der Waals surface area contributed by atoms with Crippen molar-refractivity contribution in [2.24, 2.45) is 13.0 Å². The Hall–Kier alpha value is -0.400. The van der Waals surface area contributed by atoms with E-state index >= 15 is 0 Å². The highest BCUT2D eigenvalue weighted by atomic mass is 79.9. The maximum atomic E-state index is 12.2. The first kappa shape index (κ1) is 14.0. The second-order valence-corrected chi connectivity index (χ2v) is 7.09. The Bertz CT molecular complexity index is 492. The number of aryl methyl sites for hydroxylation is 1. The molecule has 0 unspecified atom stereocenters. The lowest BCUT2D eigenvalue weighted by molar-refractivity contribution is 0.337. The molecule has 1 saturated carbocycles. The molecule has 0 radical (unpaired) electrons. The quantitative estimate of drug-likeness (QED) is 0.851. The third kappa shape index (κ3) is 3.13. The summed E-state index contributed by atoms with van der Waals surface area (Å²) in [4.78, 5) is 0. The number of sulfonamides is 1. The van der Waals surface area contributed by atoms with E-state index < -0.39 is 10.0 Å². The Morgan fingerprint density at radius 1 is 1.44 bits per heavy atom. The van der Waals surface area contributed by atoms with E-state index in [1.54, 1.807) is 7.05 Å². The molecule has 1 aliphatic carbocycles. The minimum absolute atomic E-state index is 0.0557. The molecule has 0 atom stereocenters. The van der Waals surface area contributed by atoms with Crippen molar-refractivity contribution in [3.63, 3.8) is 0 Å². The summed E-state index contributed by atoms with van der Waals surface area (Å²) < 4.78 is 28.5. The van der Waals surface area contributed by atoms with Crippen LogP contribution in [0.2, 0.25) is 0 Å². The third-order valence-corrected chi connectivity index (χ3v) is 5.95. The fourth-order valence-electron chi connectivity index (χ4n) is 2.34. The highest BCUT2D eigenvalue weighted by molar-refractivity contribution is 9.09. The normalized spacial score (nSPS) is 25.2. The molecular formula is C11H18BrN3O2S. The maximum Gasteiger partial charge on any atom is 0.257 e. The fourth-order valence-corrected chi connectivity index (χ4v) is 4.42. The molecule has 0 bridgehead atoms. The van der Waals surface area contributed by atoms with Gasteiger partial charge in [0.05, 0.1) is 6.20 Å². The zero-order valence-corrected chi connectivity index (χ0v) is 12.7. The average Bonchev–Trinajstić information content (AvgIpc) is 2.77. The standard InChI is InChI=1S/C11H18BrN3O2S/c1-15-11(6-7-13-15)18(16,17)14-10-4-2-9(8-12)3-5-10/h6-7,9-10,14H,2-5,8H2,1H3. The van der Waals surface area contributed by atoms with Gasteiger partial charge in [-0.1, -0.05) is 15.9 Å². The highest BCUT2D eigenvalue weighted by Gasteiger charge is 2.26. The molecule has 0 aromatic carbocycles. The van der Waals surface area contributed by atoms with E-state index in [4.69, 9.17) is 0 Å². The average molecular weight is 336 g/mol. The van der Waals surface area contributed by atoms with Crippen molar-refractivity contribution < 1.29 is 8.42 Å². The molecule has 0 saturated heterocycles. The number of nitrogens with zero attached hydrogens (tertiary/aromatic N) is 2. The molecule has 7 heteroatoms. The van der Waals surface area contributed by atoms with Crippen LogP contribution in [0.4, 0.5) is 0 Å². The first-order valence-corrected chi connectivity index (χ1v) is 8.69. The van der Waals surface area contributed by atoms with Gasteiger partial charge in [0.2, 0.25) is 0 Å². The lowest BCUT2D eigenvalue weighted by Crippen LogP contribution is -2.38. The topological polar surface area (TPSA) is 64.0 Å². The van der Waals surface area contributed by atoms with E-state index in [1.165, 1.54) is 16.9 Å². The SMILES string of the molecule is Cn1nccc1S(=O)(=O)NC1CCC(CBr)CC1. The third-order valence-electron chi connectivity index (χ3n) is 3.44. The summed E-state index contributed by atoms with van der Waals surface area (Å²) in [7, 11) is -1.80. The molecule has 1 aliphatic rings. The molecule has 1 N–H and O–H groups in total. The van der Waals surface area contributed by atoms with Crippen LogP contribution in [0.1, 0.15) is 25.7 Å². The number of nitrogens with one attached hydrogen (secondary N) is 1. The Labute approximate surface area is 116 Å². The molecule has 5 nitrogen and oxygen atoms in total. The van der Waals surface area contributed by atoms with Crippen LogP contribution >= 0.6 is 15.9 Å². The molecule has 1 fully saturated rings. The smallest absolute Gasteiger partial charge is 0.256 e. The van der Waals surface area contributed by atoms with E-state index in [9.17, 15) is 8.42 Å². The minimum atomic E-state index is -3.43. The van der Waals surface area contributed by atoms with E-state index in [0.717, 1.165) is 31.0 Å². The van der Waals surface area contributed by atoms with Crippen LogP contribution < -0.4 is 4.72 Å². The van der Waals surface area contributed by atoms with E-state index in [0.29, 0.717) is 5.92 Å². The van der Waals surface area contributed by atoms with Crippen LogP contribution in [0.5, 0.6) is 0 Å². The van der Waals surface area contributed by atoms with Crippen LogP contribution in [0, 0.1) is 5.92 Å². The van der Waals surface area contributed by atoms with Crippen LogP contribution in [-0.4, -0.2) is 29.6 Å². The second kappa shape index (κ2) is 5.71. The van der Waals surface area contributed by atoms with Gasteiger partial charge in [-0.3, -0.25) is 4.68 Å². The maximum absolute atomic E-state index is 12.2. The number of rotatable bonds is 4. The number of hydrogen-bond acceptors (Lipinski definition) is 3. The highest BCUT2D eigenvalue weighted by Crippen LogP contribution is 2.26. The van der Waals surface area contributed by atoms with Gasteiger partial charge in [0.1, 0.15) is 0 Å². The van der Waals surface area contributed by atoms with E-state index in [-0.39, 0.29) is 11.1 Å². The Kier molecular flexibility index (Phi) is 4.45. The predicted octanol–water partition coefficient (Wildman–Crippen LogP) is 1.65. The van der Waals surface area contributed by atoms with Crippen LogP contribution in [0.15, 0.2) is 17.3 Å². The van der Waals surface area contributed by atoms with Crippen molar-refractivity contribution in [1.82, 2.24) is 14.5 Å². The molecular weight excluding hydrogens is 318 g/mol. The van der Waals surface area contributed by atoms with Crippen molar-refractivity contribution in [2.75, 3.05) is 5.33 Å². The minimum Gasteiger partial charge on any atom is -0.256 e. The fraction of sp³-hybridized carbons (Fsp3) is 0.727. The number of halogens is 1. The zero-order chi connectivity index (χ0) is 13.2. The van der Waals surface area contributed by atoms with Crippen molar-refractivity contribution in [1.29, 1.82) is 0 Å². The first-order chi connectivity index (χ1) is 8.53. The van der Waals surface area contributed by atoms with Gasteiger partial charge in [-0.2, -0.15) is 5.10 Å². The van der Waals surface area contributed by atoms with E-state index in [2.05, 4.69) is 25.8 Å². The van der Waals surface area contributed by atoms with Crippen molar-refractivity contribution in [2.45, 2.75) is 36.8 Å². The van der Waals surface area contributed by atoms with Gasteiger partial charge in [0.15, 0.2) is 5.03 Å². The molecule has 0 spiro atoms. The van der Waals surface area contributed by atoms with Crippen LogP contribution in [0.25, 0.3) is 0 Å². The second-order valence-electron chi connectivity index (χ2n) is 4.79. The predicted molar refractivity (Wildman–Crippen MR) is 73.1 cm³/mol. The van der Waals surface area contributed by atoms with Crippen molar-refractivity contribution in [3.05, 3.63) is 12.3 Å². The van der Waals surface area contributed by atoms with Gasteiger partial charge >= 0.3 is 0 Å². The molecule has 0 aliphatic heterocycles. The lowest BCUT2D eigenvalue weighted by atomic mass is 9.88. The summed E-state index contributed by atoms with van der Waals surface area (Å²) in [5, 5.41) is 5.13. The number of alkyl halides is 1. The zero-order valence-electron chi connectivity index (χ0n) is 10.3. The summed E-state index contributed by atoms with van der Waals surface area (Å²) in [6.45, 7) is 0. The summed E-state index contributed by atoms with van der Waals surface area (Å²) >= 11 is 3.48. The summed E-state index contributed by atoms with van der Waals surface area (Å²) in [6, 6.07) is 1.58. The van der Waals surface area contributed by atoms with Crippen LogP contribution in [0.3, 0.4) is 0 Å². The summed E-state index contributed by atoms with van der Waals surface area (Å²) in [5.41, 5.74) is 0. The van der Waals surface area contributed by atoms with Gasteiger partial charge in [-0.25, -0.2) is 13.1 Å². The van der Waals surface area contributed by atoms with Crippen LogP contribution in [-0.2, 0) is 17.1 Å². The molecule has 18 heavy (non-hydrogen) atoms. The van der Waals surface area contributed by atoms with Crippen molar-refractivity contribution in [3.8, 4) is 0 Å². The Balaban J connectivity index is 2.00. The van der Waals surface area contributed by atoms with Gasteiger partial charge in [-0.15, -0.1) is 0 Å². The number of aromatic nitrogens is 2. The molecule has 1 aromatic rings. The summed E-state index contributed by atoms with van der Waals surface area (Å²) in [5.74, 6) is 0.683. The number of hydrogen-bond donors (Lipinski definition) is 1. The Morgan fingerprint density at radius 2 is 2.11 bits per heavy atom. The van der Waals surface area contributed by atoms with Gasteiger partial charge < -0.3 is 0 Å². The van der Waals surface area contributed by atoms with Gasteiger partial charge in [0, 0.05) is 18.4 Å². The van der Waals surface area contributed by atoms with Gasteiger partial charge in [-0.05, 0) is 37.7 Å². The molecule has 0 amide bonds. The Morgan fingerprint density at radius 3 is 2.61 bits per heavy atom. The van der Waals surface area contributed by atoms with Gasteiger partial charge in [0.25, 0.3) is 10.0 Å². The molecule has 102 valence electrons. The largest absolute Gasteiger partial charge is 0.257 e. The molecule has 1 heterocycles. The van der Waals surface area contributed by atoms with E-state index in [1.807, 2.05) is 0 Å². The molecule has 2 rings (SSSR count). The summed E-state index contributed by atoms with van der Waals surface area (Å²) in [6.07, 6.45) is 5.46. The molecule has 1 aromatic heterocycles. The first-order valence-electron chi connectivity index (χ1n) is 6.09.